The molecule has 11 nitrogen and oxygen atoms in total. The highest BCUT2D eigenvalue weighted by Gasteiger charge is 2.34. The van der Waals surface area contributed by atoms with Crippen molar-refractivity contribution in [2.24, 2.45) is 0 Å². The third kappa shape index (κ3) is 5.96. The first kappa shape index (κ1) is 27.5. The van der Waals surface area contributed by atoms with Crippen molar-refractivity contribution in [3.63, 3.8) is 0 Å². The number of hydrogen-bond donors (Lipinski definition) is 2. The molecule has 39 heavy (non-hydrogen) atoms. The second-order valence-electron chi connectivity index (χ2n) is 8.14. The molecule has 3 heterocycles. The van der Waals surface area contributed by atoms with E-state index in [1.54, 1.807) is 26.0 Å². The van der Waals surface area contributed by atoms with Crippen LogP contribution in [-0.2, 0) is 12.7 Å². The van der Waals surface area contributed by atoms with Gasteiger partial charge in [-0.15, -0.1) is 5.10 Å². The second kappa shape index (κ2) is 11.0. The summed E-state index contributed by atoms with van der Waals surface area (Å²) in [5.41, 5.74) is -0.0477. The first-order chi connectivity index (χ1) is 18.5. The number of nitriles is 1. The maximum absolute atomic E-state index is 13.6. The summed E-state index contributed by atoms with van der Waals surface area (Å²) in [6.07, 6.45) is -2.59. The van der Waals surface area contributed by atoms with Crippen molar-refractivity contribution in [2.75, 3.05) is 11.9 Å². The highest BCUT2D eigenvalue weighted by Crippen LogP contribution is 2.28. The van der Waals surface area contributed by atoms with E-state index in [0.29, 0.717) is 22.8 Å². The van der Waals surface area contributed by atoms with Crippen LogP contribution in [0.3, 0.4) is 0 Å². The number of halogens is 4. The summed E-state index contributed by atoms with van der Waals surface area (Å²) >= 11 is 3.37. The summed E-state index contributed by atoms with van der Waals surface area (Å²) in [4.78, 5) is 31.3. The van der Waals surface area contributed by atoms with E-state index in [2.05, 4.69) is 46.8 Å². The van der Waals surface area contributed by atoms with Crippen LogP contribution >= 0.6 is 15.9 Å². The summed E-state index contributed by atoms with van der Waals surface area (Å²) in [5.74, 6) is -0.937. The Morgan fingerprint density at radius 1 is 1.18 bits per heavy atom. The van der Waals surface area contributed by atoms with Crippen molar-refractivity contribution in [1.82, 2.24) is 35.1 Å². The van der Waals surface area contributed by atoms with Crippen molar-refractivity contribution in [3.05, 3.63) is 81.0 Å². The van der Waals surface area contributed by atoms with E-state index >= 15 is 0 Å². The lowest BCUT2D eigenvalue weighted by atomic mass is 10.0. The lowest BCUT2D eigenvalue weighted by molar-refractivity contribution is -0.141. The van der Waals surface area contributed by atoms with Gasteiger partial charge in [0.1, 0.15) is 12.2 Å². The average molecular weight is 602 g/mol. The van der Waals surface area contributed by atoms with Crippen LogP contribution in [0, 0.1) is 18.3 Å². The number of aryl methyl sites for hydroxylation is 1. The van der Waals surface area contributed by atoms with Gasteiger partial charge >= 0.3 is 6.18 Å². The predicted octanol–water partition coefficient (Wildman–Crippen LogP) is 3.87. The lowest BCUT2D eigenvalue weighted by Crippen LogP contribution is -2.26. The van der Waals surface area contributed by atoms with Gasteiger partial charge in [0.05, 0.1) is 39.2 Å². The number of benzene rings is 1. The highest BCUT2D eigenvalue weighted by atomic mass is 79.9. The van der Waals surface area contributed by atoms with E-state index in [1.807, 2.05) is 6.07 Å². The first-order valence-electron chi connectivity index (χ1n) is 11.3. The molecule has 0 unspecified atom stereocenters. The molecule has 0 spiro atoms. The van der Waals surface area contributed by atoms with Crippen LogP contribution in [0.1, 0.15) is 50.3 Å². The predicted molar refractivity (Wildman–Crippen MR) is 135 cm³/mol. The summed E-state index contributed by atoms with van der Waals surface area (Å²) in [5, 5.41) is 26.1. The van der Waals surface area contributed by atoms with E-state index < -0.39 is 23.7 Å². The monoisotopic (exact) mass is 601 g/mol. The summed E-state index contributed by atoms with van der Waals surface area (Å²) in [6, 6.07) is 9.57. The molecule has 0 saturated carbocycles. The number of amides is 2. The molecule has 0 aliphatic carbocycles. The molecule has 0 aliphatic heterocycles. The van der Waals surface area contributed by atoms with Crippen molar-refractivity contribution < 1.29 is 22.8 Å². The Kier molecular flexibility index (Phi) is 7.77. The van der Waals surface area contributed by atoms with Crippen LogP contribution in [0.2, 0.25) is 0 Å². The van der Waals surface area contributed by atoms with Crippen LogP contribution in [0.5, 0.6) is 0 Å². The van der Waals surface area contributed by atoms with E-state index in [1.165, 1.54) is 29.1 Å². The number of nitrogens with zero attached hydrogens (tertiary/aromatic N) is 7. The Morgan fingerprint density at radius 2 is 1.95 bits per heavy atom. The van der Waals surface area contributed by atoms with E-state index in [0.717, 1.165) is 4.80 Å². The SMILES string of the molecule is CCNC(=O)c1cc(C#N)cc(C)c1NC(=O)c1cc(Cn2ncc(C(F)(F)F)n2)nn1-c1ncccc1Br. The maximum Gasteiger partial charge on any atom is 0.436 e. The van der Waals surface area contributed by atoms with Crippen LogP contribution in [0.25, 0.3) is 5.82 Å². The minimum absolute atomic E-state index is 0.0294. The minimum Gasteiger partial charge on any atom is -0.352 e. The fourth-order valence-corrected chi connectivity index (χ4v) is 4.07. The molecule has 2 amide bonds. The van der Waals surface area contributed by atoms with Crippen molar-refractivity contribution in [3.8, 4) is 11.9 Å². The molecule has 15 heteroatoms. The van der Waals surface area contributed by atoms with Gasteiger partial charge in [-0.25, -0.2) is 9.67 Å². The fourth-order valence-electron chi connectivity index (χ4n) is 3.64. The van der Waals surface area contributed by atoms with Gasteiger partial charge in [0, 0.05) is 12.7 Å². The summed E-state index contributed by atoms with van der Waals surface area (Å²) in [6.45, 7) is 3.42. The smallest absolute Gasteiger partial charge is 0.352 e. The lowest BCUT2D eigenvalue weighted by Gasteiger charge is -2.15. The zero-order valence-electron chi connectivity index (χ0n) is 20.4. The van der Waals surface area contributed by atoms with Gasteiger partial charge in [0.2, 0.25) is 0 Å². The molecule has 1 aromatic carbocycles. The third-order valence-corrected chi connectivity index (χ3v) is 5.97. The largest absolute Gasteiger partial charge is 0.436 e. The van der Waals surface area contributed by atoms with Crippen molar-refractivity contribution >= 4 is 33.4 Å². The van der Waals surface area contributed by atoms with E-state index in [-0.39, 0.29) is 40.6 Å². The van der Waals surface area contributed by atoms with Crippen molar-refractivity contribution in [1.29, 1.82) is 5.26 Å². The van der Waals surface area contributed by atoms with Gasteiger partial charge < -0.3 is 10.6 Å². The van der Waals surface area contributed by atoms with Gasteiger partial charge in [-0.3, -0.25) is 9.59 Å². The van der Waals surface area contributed by atoms with Gasteiger partial charge in [0.25, 0.3) is 11.8 Å². The number of carbonyl (C=O) groups excluding carboxylic acids is 2. The van der Waals surface area contributed by atoms with Crippen LogP contribution in [-0.4, -0.2) is 48.1 Å². The van der Waals surface area contributed by atoms with E-state index in [4.69, 9.17) is 0 Å². The molecule has 0 atom stereocenters. The maximum atomic E-state index is 13.6. The Labute approximate surface area is 227 Å². The molecule has 4 aromatic rings. The number of carbonyl (C=O) groups is 2. The highest BCUT2D eigenvalue weighted by molar-refractivity contribution is 9.10. The van der Waals surface area contributed by atoms with Gasteiger partial charge in [-0.05, 0) is 65.7 Å². The number of alkyl halides is 3. The zero-order chi connectivity index (χ0) is 28.3. The van der Waals surface area contributed by atoms with Gasteiger partial charge in [-0.1, -0.05) is 0 Å². The molecule has 0 saturated heterocycles. The molecule has 4 rings (SSSR count). The fraction of sp³-hybridized carbons (Fsp3) is 0.208. The summed E-state index contributed by atoms with van der Waals surface area (Å²) < 4.78 is 40.6. The molecular weight excluding hydrogens is 583 g/mol. The van der Waals surface area contributed by atoms with Crippen LogP contribution in [0.15, 0.2) is 47.2 Å². The van der Waals surface area contributed by atoms with Crippen molar-refractivity contribution in [2.45, 2.75) is 26.6 Å². The second-order valence-corrected chi connectivity index (χ2v) is 8.99. The number of hydrogen-bond acceptors (Lipinski definition) is 7. The Morgan fingerprint density at radius 3 is 2.59 bits per heavy atom. The van der Waals surface area contributed by atoms with E-state index in [9.17, 15) is 28.0 Å². The van der Waals surface area contributed by atoms with Crippen LogP contribution < -0.4 is 10.6 Å². The number of anilines is 1. The minimum atomic E-state index is -4.66. The van der Waals surface area contributed by atoms with Gasteiger partial charge in [-0.2, -0.15) is 33.4 Å². The Balaban J connectivity index is 1.76. The Bertz CT molecular complexity index is 1610. The first-order valence-corrected chi connectivity index (χ1v) is 12.1. The summed E-state index contributed by atoms with van der Waals surface area (Å²) in [7, 11) is 0. The van der Waals surface area contributed by atoms with Crippen LogP contribution in [0.4, 0.5) is 18.9 Å². The molecule has 0 fully saturated rings. The number of aromatic nitrogens is 6. The molecule has 0 aliphatic rings. The topological polar surface area (TPSA) is 143 Å². The molecule has 3 aromatic heterocycles. The molecule has 0 bridgehead atoms. The number of pyridine rings is 1. The number of rotatable bonds is 7. The standard InChI is InChI=1S/C24H19BrF3N9O2/c1-3-30-22(38)16-8-14(10-29)7-13(2)20(16)33-23(39)18-9-15(12-36-32-11-19(35-36)24(26,27)28)34-37(18)21-17(25)5-4-6-31-21/h4-9,11H,3,12H2,1-2H3,(H,30,38)(H,33,39). The average Bonchev–Trinajstić information content (AvgIpc) is 3.53. The quantitative estimate of drug-likeness (QED) is 0.327. The Hall–Kier alpha value is -4.58. The molecule has 200 valence electrons. The van der Waals surface area contributed by atoms with Gasteiger partial charge in [0.15, 0.2) is 11.5 Å². The third-order valence-electron chi connectivity index (χ3n) is 5.35. The molecule has 0 radical (unpaired) electrons. The normalized spacial score (nSPS) is 11.2. The molecule has 2 N–H and O–H groups in total. The molecular formula is C24H19BrF3N9O2. The zero-order valence-corrected chi connectivity index (χ0v) is 22.0. The number of nitrogens with one attached hydrogen (secondary N) is 2.